The maximum Gasteiger partial charge on any atom is 0.573 e. The standard InChI is InChI=1S/C27H40F4O.C26H38F4O/c1-3-4-5-6-20-7-11-22(12-8-20)19(2)17-21-9-13-23(14-10-21)24-15-16-26(25(28)18-24)32-27(29,30)31;1-3-4-5-19-6-10-21(11-7-19)18(2)16-20-8-12-22(13-9-20)23-14-15-25(24(27)17-23)31-26(28,29)30/h15-16,18-23H,3-14,17H2,1-2H3;14-15,17-22H,3-13,16H2,1-2H3. The summed E-state index contributed by atoms with van der Waals surface area (Å²) >= 11 is 0. The fraction of sp³-hybridized carbons (Fsp3) is 0.774. The molecule has 4 aliphatic carbocycles. The number of unbranched alkanes of at least 4 members (excludes halogenated alkanes) is 3. The quantitative estimate of drug-likeness (QED) is 0.116. The van der Waals surface area contributed by atoms with Crippen LogP contribution in [0, 0.1) is 59.0 Å². The van der Waals surface area contributed by atoms with E-state index in [1.54, 1.807) is 12.1 Å². The third-order valence-corrected chi connectivity index (χ3v) is 16.0. The molecule has 0 amide bonds. The minimum atomic E-state index is -4.87. The van der Waals surface area contributed by atoms with Crippen LogP contribution < -0.4 is 9.47 Å². The first-order valence-corrected chi connectivity index (χ1v) is 25.1. The zero-order valence-electron chi connectivity index (χ0n) is 38.8. The predicted octanol–water partition coefficient (Wildman–Crippen LogP) is 18.4. The Morgan fingerprint density at radius 3 is 1.16 bits per heavy atom. The maximum absolute atomic E-state index is 14.1. The van der Waals surface area contributed by atoms with Crippen molar-refractivity contribution < 1.29 is 44.6 Å². The van der Waals surface area contributed by atoms with Gasteiger partial charge in [0, 0.05) is 0 Å². The molecule has 2 unspecified atom stereocenters. The average molecular weight is 899 g/mol. The number of halogens is 8. The first-order valence-electron chi connectivity index (χ1n) is 25.1. The van der Waals surface area contributed by atoms with Gasteiger partial charge < -0.3 is 9.47 Å². The normalized spacial score (nSPS) is 28.1. The Hall–Kier alpha value is -2.52. The molecule has 0 aliphatic heterocycles. The summed E-state index contributed by atoms with van der Waals surface area (Å²) in [4.78, 5) is 0. The van der Waals surface area contributed by atoms with Gasteiger partial charge in [0.1, 0.15) is 0 Å². The molecule has 4 fully saturated rings. The summed E-state index contributed by atoms with van der Waals surface area (Å²) in [6.45, 7) is 9.41. The molecular weight excluding hydrogens is 821 g/mol. The van der Waals surface area contributed by atoms with E-state index >= 15 is 0 Å². The van der Waals surface area contributed by atoms with Crippen molar-refractivity contribution in [3.63, 3.8) is 0 Å². The zero-order valence-corrected chi connectivity index (χ0v) is 38.8. The van der Waals surface area contributed by atoms with Crippen molar-refractivity contribution in [3.05, 3.63) is 59.2 Å². The molecule has 2 aromatic rings. The Labute approximate surface area is 374 Å². The lowest BCUT2D eigenvalue weighted by molar-refractivity contribution is -0.276. The van der Waals surface area contributed by atoms with Crippen molar-refractivity contribution in [2.45, 2.75) is 213 Å². The molecule has 358 valence electrons. The highest BCUT2D eigenvalue weighted by atomic mass is 19.4. The highest BCUT2D eigenvalue weighted by Gasteiger charge is 2.35. The van der Waals surface area contributed by atoms with Crippen molar-refractivity contribution in [2.75, 3.05) is 0 Å². The largest absolute Gasteiger partial charge is 0.573 e. The van der Waals surface area contributed by atoms with Crippen LogP contribution in [0.1, 0.15) is 211 Å². The van der Waals surface area contributed by atoms with E-state index in [2.05, 4.69) is 37.2 Å². The van der Waals surface area contributed by atoms with E-state index in [1.807, 2.05) is 0 Å². The molecule has 2 aromatic carbocycles. The van der Waals surface area contributed by atoms with Crippen LogP contribution in [0.5, 0.6) is 11.5 Å². The van der Waals surface area contributed by atoms with Gasteiger partial charge in [-0.05, 0) is 184 Å². The lowest BCUT2D eigenvalue weighted by Crippen LogP contribution is -2.23. The summed E-state index contributed by atoms with van der Waals surface area (Å²) < 4.78 is 110. The van der Waals surface area contributed by atoms with Crippen molar-refractivity contribution >= 4 is 0 Å². The summed E-state index contributed by atoms with van der Waals surface area (Å²) in [7, 11) is 0. The van der Waals surface area contributed by atoms with Gasteiger partial charge in [-0.2, -0.15) is 0 Å². The van der Waals surface area contributed by atoms with E-state index in [0.29, 0.717) is 0 Å². The van der Waals surface area contributed by atoms with Crippen LogP contribution in [0.2, 0.25) is 0 Å². The minimum Gasteiger partial charge on any atom is -0.403 e. The second kappa shape index (κ2) is 24.8. The number of hydrogen-bond acceptors (Lipinski definition) is 2. The van der Waals surface area contributed by atoms with Gasteiger partial charge in [0.05, 0.1) is 0 Å². The van der Waals surface area contributed by atoms with Crippen LogP contribution in [0.3, 0.4) is 0 Å². The summed E-state index contributed by atoms with van der Waals surface area (Å²) in [5.74, 6) is 3.73. The van der Waals surface area contributed by atoms with Gasteiger partial charge in [-0.3, -0.25) is 0 Å². The first-order chi connectivity index (χ1) is 30.0. The SMILES string of the molecule is CCCCC1CCC(C(C)CC2CCC(c3ccc(OC(F)(F)F)c(F)c3)CC2)CC1.CCCCCC1CCC(C(C)CC2CCC(c3ccc(OC(F)(F)F)c(F)c3)CC2)CC1. The molecule has 0 bridgehead atoms. The Morgan fingerprint density at radius 2 is 0.825 bits per heavy atom. The molecule has 0 N–H and O–H groups in total. The molecular formula is C53H78F8O2. The molecule has 10 heteroatoms. The number of benzene rings is 2. The lowest BCUT2D eigenvalue weighted by atomic mass is 9.70. The first kappa shape index (κ1) is 51.5. The average Bonchev–Trinajstić information content (AvgIpc) is 3.25. The van der Waals surface area contributed by atoms with Crippen molar-refractivity contribution in [1.82, 2.24) is 0 Å². The fourth-order valence-electron chi connectivity index (χ4n) is 12.1. The van der Waals surface area contributed by atoms with Crippen molar-refractivity contribution in [2.24, 2.45) is 47.3 Å². The molecule has 0 spiro atoms. The van der Waals surface area contributed by atoms with Gasteiger partial charge in [-0.1, -0.05) is 110 Å². The van der Waals surface area contributed by atoms with Gasteiger partial charge >= 0.3 is 12.7 Å². The fourth-order valence-corrected chi connectivity index (χ4v) is 12.1. The molecule has 2 nitrogen and oxygen atoms in total. The molecule has 0 heterocycles. The lowest BCUT2D eigenvalue weighted by Gasteiger charge is -2.36. The molecule has 6 rings (SSSR count). The third kappa shape index (κ3) is 17.3. The van der Waals surface area contributed by atoms with E-state index in [4.69, 9.17) is 0 Å². The number of ether oxygens (including phenoxy) is 2. The molecule has 0 saturated heterocycles. The van der Waals surface area contributed by atoms with Crippen LogP contribution in [-0.4, -0.2) is 12.7 Å². The van der Waals surface area contributed by atoms with Gasteiger partial charge in [0.2, 0.25) is 0 Å². The van der Waals surface area contributed by atoms with Gasteiger partial charge in [-0.15, -0.1) is 26.3 Å². The zero-order chi connectivity index (χ0) is 45.6. The van der Waals surface area contributed by atoms with Gasteiger partial charge in [0.25, 0.3) is 0 Å². The van der Waals surface area contributed by atoms with Crippen molar-refractivity contribution in [3.8, 4) is 11.5 Å². The van der Waals surface area contributed by atoms with E-state index in [1.165, 1.54) is 121 Å². The second-order valence-electron chi connectivity index (χ2n) is 20.5. The molecule has 2 atom stereocenters. The van der Waals surface area contributed by atoms with Crippen LogP contribution >= 0.6 is 0 Å². The Bertz CT molecular complexity index is 1590. The van der Waals surface area contributed by atoms with E-state index < -0.39 is 35.9 Å². The Morgan fingerprint density at radius 1 is 0.476 bits per heavy atom. The predicted molar refractivity (Wildman–Crippen MR) is 238 cm³/mol. The maximum atomic E-state index is 14.1. The van der Waals surface area contributed by atoms with E-state index in [0.717, 1.165) is 122 Å². The van der Waals surface area contributed by atoms with E-state index in [-0.39, 0.29) is 11.8 Å². The molecule has 4 saturated carbocycles. The summed E-state index contributed by atoms with van der Waals surface area (Å²) in [5.41, 5.74) is 1.59. The number of rotatable bonds is 17. The highest BCUT2D eigenvalue weighted by Crippen LogP contribution is 2.45. The van der Waals surface area contributed by atoms with Crippen LogP contribution in [0.25, 0.3) is 0 Å². The molecule has 4 aliphatic rings. The van der Waals surface area contributed by atoms with Crippen molar-refractivity contribution in [1.29, 1.82) is 0 Å². The summed E-state index contributed by atoms with van der Waals surface area (Å²) in [6, 6.07) is 7.87. The van der Waals surface area contributed by atoms with Gasteiger partial charge in [0.15, 0.2) is 23.1 Å². The smallest absolute Gasteiger partial charge is 0.403 e. The highest BCUT2D eigenvalue weighted by molar-refractivity contribution is 5.32. The molecule has 0 aromatic heterocycles. The Kier molecular flexibility index (Phi) is 20.3. The summed E-state index contributed by atoms with van der Waals surface area (Å²) in [6.07, 6.45) is 22.0. The minimum absolute atomic E-state index is 0.231. The van der Waals surface area contributed by atoms with Crippen LogP contribution in [-0.2, 0) is 0 Å². The van der Waals surface area contributed by atoms with Gasteiger partial charge in [-0.25, -0.2) is 8.78 Å². The van der Waals surface area contributed by atoms with E-state index in [9.17, 15) is 35.1 Å². The topological polar surface area (TPSA) is 18.5 Å². The monoisotopic (exact) mass is 899 g/mol. The third-order valence-electron chi connectivity index (χ3n) is 16.0. The second-order valence-corrected chi connectivity index (χ2v) is 20.5. The number of alkyl halides is 6. The number of hydrogen-bond donors (Lipinski definition) is 0. The molecule has 0 radical (unpaired) electrons. The van der Waals surface area contributed by atoms with Crippen LogP contribution in [0.4, 0.5) is 35.1 Å². The Balaban J connectivity index is 0.000000238. The summed E-state index contributed by atoms with van der Waals surface area (Å²) in [5, 5.41) is 0. The van der Waals surface area contributed by atoms with Crippen LogP contribution in [0.15, 0.2) is 36.4 Å². The molecule has 63 heavy (non-hydrogen) atoms.